The minimum absolute atomic E-state index is 0.271. The third-order valence-corrected chi connectivity index (χ3v) is 5.78. The molecular formula is C19H25NO3S. The molecule has 2 aromatic rings. The van der Waals surface area contributed by atoms with Gasteiger partial charge < -0.3 is 4.74 Å². The lowest BCUT2D eigenvalue weighted by atomic mass is 10.1. The van der Waals surface area contributed by atoms with Crippen molar-refractivity contribution in [2.75, 3.05) is 17.5 Å². The first-order valence-electron chi connectivity index (χ1n) is 8.14. The zero-order valence-electron chi connectivity index (χ0n) is 15.0. The molecule has 0 saturated carbocycles. The van der Waals surface area contributed by atoms with Gasteiger partial charge >= 0.3 is 0 Å². The minimum Gasteiger partial charge on any atom is -0.494 e. The summed E-state index contributed by atoms with van der Waals surface area (Å²) in [4.78, 5) is 0.271. The van der Waals surface area contributed by atoms with Gasteiger partial charge in [-0.1, -0.05) is 17.7 Å². The van der Waals surface area contributed by atoms with E-state index in [9.17, 15) is 8.42 Å². The van der Waals surface area contributed by atoms with Gasteiger partial charge in [0.05, 0.1) is 17.2 Å². The molecule has 0 spiro atoms. The molecule has 0 fully saturated rings. The summed E-state index contributed by atoms with van der Waals surface area (Å²) < 4.78 is 33.1. The Morgan fingerprint density at radius 2 is 1.50 bits per heavy atom. The molecule has 0 amide bonds. The van der Waals surface area contributed by atoms with Crippen LogP contribution in [-0.2, 0) is 10.0 Å². The number of benzene rings is 2. The Kier molecular flexibility index (Phi) is 5.54. The Hall–Kier alpha value is -2.01. The third kappa shape index (κ3) is 3.56. The highest BCUT2D eigenvalue weighted by molar-refractivity contribution is 7.92. The predicted octanol–water partition coefficient (Wildman–Crippen LogP) is 4.23. The number of hydrogen-bond acceptors (Lipinski definition) is 3. The molecule has 2 rings (SSSR count). The fourth-order valence-electron chi connectivity index (χ4n) is 3.02. The third-order valence-electron chi connectivity index (χ3n) is 3.89. The summed E-state index contributed by atoms with van der Waals surface area (Å²) in [5.74, 6) is 0.669. The zero-order chi connectivity index (χ0) is 17.9. The summed E-state index contributed by atoms with van der Waals surface area (Å²) >= 11 is 0. The lowest BCUT2D eigenvalue weighted by Crippen LogP contribution is -2.32. The second kappa shape index (κ2) is 7.26. The summed E-state index contributed by atoms with van der Waals surface area (Å²) in [6.07, 6.45) is 0. The maximum absolute atomic E-state index is 13.1. The second-order valence-electron chi connectivity index (χ2n) is 5.82. The maximum atomic E-state index is 13.1. The van der Waals surface area contributed by atoms with Gasteiger partial charge in [-0.25, -0.2) is 8.42 Å². The zero-order valence-corrected chi connectivity index (χ0v) is 15.8. The van der Waals surface area contributed by atoms with Crippen LogP contribution in [0.1, 0.15) is 30.5 Å². The van der Waals surface area contributed by atoms with Gasteiger partial charge in [0.1, 0.15) is 5.75 Å². The van der Waals surface area contributed by atoms with Crippen LogP contribution in [0.5, 0.6) is 5.75 Å². The van der Waals surface area contributed by atoms with E-state index in [1.165, 1.54) is 4.31 Å². The van der Waals surface area contributed by atoms with E-state index >= 15 is 0 Å². The van der Waals surface area contributed by atoms with E-state index in [0.717, 1.165) is 22.4 Å². The molecule has 24 heavy (non-hydrogen) atoms. The quantitative estimate of drug-likeness (QED) is 0.786. The van der Waals surface area contributed by atoms with Crippen LogP contribution in [-0.4, -0.2) is 21.6 Å². The molecule has 5 heteroatoms. The van der Waals surface area contributed by atoms with Crippen molar-refractivity contribution in [2.24, 2.45) is 0 Å². The number of aryl methyl sites for hydroxylation is 3. The molecule has 0 aliphatic carbocycles. The highest BCUT2D eigenvalue weighted by Crippen LogP contribution is 2.31. The Labute approximate surface area is 145 Å². The highest BCUT2D eigenvalue weighted by Gasteiger charge is 2.26. The van der Waals surface area contributed by atoms with E-state index in [2.05, 4.69) is 0 Å². The number of anilines is 1. The van der Waals surface area contributed by atoms with Crippen LogP contribution in [0.3, 0.4) is 0 Å². The lowest BCUT2D eigenvalue weighted by molar-refractivity contribution is 0.340. The summed E-state index contributed by atoms with van der Waals surface area (Å²) in [5.41, 5.74) is 3.81. The fourth-order valence-corrected chi connectivity index (χ4v) is 4.62. The number of hydrogen-bond donors (Lipinski definition) is 0. The van der Waals surface area contributed by atoms with Gasteiger partial charge in [0, 0.05) is 6.54 Å². The monoisotopic (exact) mass is 347 g/mol. The molecule has 0 heterocycles. The van der Waals surface area contributed by atoms with Crippen molar-refractivity contribution in [1.29, 1.82) is 0 Å². The minimum atomic E-state index is -3.62. The normalized spacial score (nSPS) is 11.4. The van der Waals surface area contributed by atoms with Crippen LogP contribution in [0.4, 0.5) is 5.69 Å². The van der Waals surface area contributed by atoms with Gasteiger partial charge in [0.2, 0.25) is 0 Å². The fraction of sp³-hybridized carbons (Fsp3) is 0.368. The van der Waals surface area contributed by atoms with E-state index in [1.807, 2.05) is 46.8 Å². The van der Waals surface area contributed by atoms with Crippen molar-refractivity contribution in [3.8, 4) is 5.75 Å². The Morgan fingerprint density at radius 1 is 0.958 bits per heavy atom. The molecule has 0 radical (unpaired) electrons. The van der Waals surface area contributed by atoms with Crippen molar-refractivity contribution in [2.45, 2.75) is 39.5 Å². The van der Waals surface area contributed by atoms with Gasteiger partial charge in [-0.15, -0.1) is 0 Å². The molecule has 0 N–H and O–H groups in total. The van der Waals surface area contributed by atoms with Crippen molar-refractivity contribution in [1.82, 2.24) is 0 Å². The molecule has 0 aliphatic rings. The second-order valence-corrected chi connectivity index (χ2v) is 7.68. The van der Waals surface area contributed by atoms with Crippen molar-refractivity contribution in [3.05, 3.63) is 53.1 Å². The molecule has 4 nitrogen and oxygen atoms in total. The van der Waals surface area contributed by atoms with Crippen molar-refractivity contribution >= 4 is 15.7 Å². The van der Waals surface area contributed by atoms with Crippen LogP contribution >= 0.6 is 0 Å². The molecule has 0 atom stereocenters. The first kappa shape index (κ1) is 18.3. The molecule has 2 aromatic carbocycles. The van der Waals surface area contributed by atoms with E-state index < -0.39 is 10.0 Å². The summed E-state index contributed by atoms with van der Waals surface area (Å²) in [6.45, 7) is 10.6. The number of ether oxygens (including phenoxy) is 1. The Bertz CT molecular complexity index is 788. The van der Waals surface area contributed by atoms with E-state index in [1.54, 1.807) is 24.3 Å². The molecule has 0 saturated heterocycles. The average Bonchev–Trinajstić information content (AvgIpc) is 2.51. The summed E-state index contributed by atoms with van der Waals surface area (Å²) in [6, 6.07) is 10.6. The summed E-state index contributed by atoms with van der Waals surface area (Å²) in [5, 5.41) is 0. The Balaban J connectivity index is 2.49. The number of sulfonamides is 1. The first-order chi connectivity index (χ1) is 11.3. The first-order valence-corrected chi connectivity index (χ1v) is 9.58. The molecule has 0 aromatic heterocycles. The van der Waals surface area contributed by atoms with Crippen molar-refractivity contribution < 1.29 is 13.2 Å². The van der Waals surface area contributed by atoms with Gasteiger partial charge in [0.25, 0.3) is 10.0 Å². The largest absolute Gasteiger partial charge is 0.494 e. The standard InChI is InChI=1S/C19H25NO3S/c1-6-20(19-15(4)12-14(3)13-16(19)5)24(21,22)18-10-8-17(9-11-18)23-7-2/h8-13H,6-7H2,1-5H3. The summed E-state index contributed by atoms with van der Waals surface area (Å²) in [7, 11) is -3.62. The van der Waals surface area contributed by atoms with Gasteiger partial charge in [-0.3, -0.25) is 4.31 Å². The van der Waals surface area contributed by atoms with Gasteiger partial charge in [-0.2, -0.15) is 0 Å². The maximum Gasteiger partial charge on any atom is 0.264 e. The topological polar surface area (TPSA) is 46.6 Å². The Morgan fingerprint density at radius 3 is 1.96 bits per heavy atom. The molecule has 0 aliphatic heterocycles. The van der Waals surface area contributed by atoms with Crippen LogP contribution < -0.4 is 9.04 Å². The lowest BCUT2D eigenvalue weighted by Gasteiger charge is -2.27. The number of nitrogens with zero attached hydrogens (tertiary/aromatic N) is 1. The van der Waals surface area contributed by atoms with Crippen LogP contribution in [0.15, 0.2) is 41.3 Å². The highest BCUT2D eigenvalue weighted by atomic mass is 32.2. The molecule has 0 bridgehead atoms. The number of rotatable bonds is 6. The van der Waals surface area contributed by atoms with E-state index in [0.29, 0.717) is 18.9 Å². The van der Waals surface area contributed by atoms with Gasteiger partial charge in [0.15, 0.2) is 0 Å². The van der Waals surface area contributed by atoms with Crippen molar-refractivity contribution in [3.63, 3.8) is 0 Å². The smallest absolute Gasteiger partial charge is 0.264 e. The van der Waals surface area contributed by atoms with E-state index in [4.69, 9.17) is 4.74 Å². The molecular weight excluding hydrogens is 322 g/mol. The molecule has 130 valence electrons. The van der Waals surface area contributed by atoms with E-state index in [-0.39, 0.29) is 4.90 Å². The average molecular weight is 347 g/mol. The van der Waals surface area contributed by atoms with Crippen LogP contribution in [0.2, 0.25) is 0 Å². The van der Waals surface area contributed by atoms with Crippen LogP contribution in [0, 0.1) is 20.8 Å². The van der Waals surface area contributed by atoms with Gasteiger partial charge in [-0.05, 0) is 70.0 Å². The SMILES string of the molecule is CCOc1ccc(S(=O)(=O)N(CC)c2c(C)cc(C)cc2C)cc1. The molecule has 0 unspecified atom stereocenters. The van der Waals surface area contributed by atoms with Crippen LogP contribution in [0.25, 0.3) is 0 Å². The predicted molar refractivity (Wildman–Crippen MR) is 98.5 cm³/mol.